The van der Waals surface area contributed by atoms with Gasteiger partial charge in [-0.1, -0.05) is 0 Å². The van der Waals surface area contributed by atoms with Gasteiger partial charge < -0.3 is 38.3 Å². The van der Waals surface area contributed by atoms with Crippen LogP contribution in [0, 0.1) is 0 Å². The molecule has 0 amide bonds. The van der Waals surface area contributed by atoms with Gasteiger partial charge in [0.05, 0.1) is 6.61 Å². The van der Waals surface area contributed by atoms with E-state index < -0.39 is 24.6 Å². The SMILES string of the molecule is COCO[C@@H]1[C@H](OCOC)COC(O)[C@@H]1OCOC. The van der Waals surface area contributed by atoms with Crippen LogP contribution in [0.4, 0.5) is 0 Å². The van der Waals surface area contributed by atoms with E-state index in [1.807, 2.05) is 0 Å². The van der Waals surface area contributed by atoms with E-state index in [0.29, 0.717) is 0 Å². The van der Waals surface area contributed by atoms with Gasteiger partial charge in [-0.15, -0.1) is 0 Å². The molecule has 0 spiro atoms. The van der Waals surface area contributed by atoms with Crippen LogP contribution in [-0.2, 0) is 33.2 Å². The van der Waals surface area contributed by atoms with Crippen LogP contribution in [0.1, 0.15) is 0 Å². The van der Waals surface area contributed by atoms with Crippen molar-refractivity contribution < 1.29 is 38.3 Å². The molecule has 0 aromatic rings. The Balaban J connectivity index is 2.63. The zero-order valence-electron chi connectivity index (χ0n) is 11.4. The lowest BCUT2D eigenvalue weighted by Crippen LogP contribution is -2.56. The molecule has 1 N–H and O–H groups in total. The van der Waals surface area contributed by atoms with Gasteiger partial charge in [0.2, 0.25) is 0 Å². The summed E-state index contributed by atoms with van der Waals surface area (Å²) >= 11 is 0. The maximum atomic E-state index is 9.80. The third-order valence-corrected chi connectivity index (χ3v) is 2.56. The molecule has 19 heavy (non-hydrogen) atoms. The predicted octanol–water partition coefficient (Wildman–Crippen LogP) is -0.698. The summed E-state index contributed by atoms with van der Waals surface area (Å²) in [5.74, 6) is 0. The first-order valence-electron chi connectivity index (χ1n) is 5.85. The van der Waals surface area contributed by atoms with Crippen LogP contribution in [0.15, 0.2) is 0 Å². The van der Waals surface area contributed by atoms with Crippen molar-refractivity contribution in [1.82, 2.24) is 0 Å². The first kappa shape index (κ1) is 16.7. The smallest absolute Gasteiger partial charge is 0.184 e. The lowest BCUT2D eigenvalue weighted by atomic mass is 10.0. The van der Waals surface area contributed by atoms with Crippen molar-refractivity contribution in [2.75, 3.05) is 48.3 Å². The summed E-state index contributed by atoms with van der Waals surface area (Å²) in [4.78, 5) is 0. The molecule has 8 heteroatoms. The average Bonchev–Trinajstić information content (AvgIpc) is 2.42. The van der Waals surface area contributed by atoms with Crippen molar-refractivity contribution in [1.29, 1.82) is 0 Å². The highest BCUT2D eigenvalue weighted by Crippen LogP contribution is 2.22. The van der Waals surface area contributed by atoms with E-state index in [2.05, 4.69) is 0 Å². The highest BCUT2D eigenvalue weighted by molar-refractivity contribution is 4.85. The Bertz CT molecular complexity index is 225. The molecule has 1 aliphatic heterocycles. The molecule has 1 saturated heterocycles. The summed E-state index contributed by atoms with van der Waals surface area (Å²) in [6.07, 6.45) is -2.82. The number of hydrogen-bond acceptors (Lipinski definition) is 8. The largest absolute Gasteiger partial charge is 0.366 e. The predicted molar refractivity (Wildman–Crippen MR) is 62.2 cm³/mol. The standard InChI is InChI=1S/C11H22O8/c1-13-5-17-8-4-16-11(12)10(19-7-15-3)9(8)18-6-14-2/h8-12H,4-7H2,1-3H3/t8-,9-,10-,11?/m1/s1. The monoisotopic (exact) mass is 282 g/mol. The number of rotatable bonds is 9. The van der Waals surface area contributed by atoms with Gasteiger partial charge in [0.15, 0.2) is 6.29 Å². The normalized spacial score (nSPS) is 31.6. The van der Waals surface area contributed by atoms with Gasteiger partial charge >= 0.3 is 0 Å². The van der Waals surface area contributed by atoms with Crippen molar-refractivity contribution >= 4 is 0 Å². The van der Waals surface area contributed by atoms with Crippen LogP contribution in [-0.4, -0.2) is 78.0 Å². The Morgan fingerprint density at radius 1 is 0.895 bits per heavy atom. The molecule has 0 saturated carbocycles. The molecule has 0 aliphatic carbocycles. The number of methoxy groups -OCH3 is 3. The maximum Gasteiger partial charge on any atom is 0.184 e. The van der Waals surface area contributed by atoms with E-state index in [1.54, 1.807) is 0 Å². The number of ether oxygens (including phenoxy) is 7. The van der Waals surface area contributed by atoms with Gasteiger partial charge in [-0.05, 0) is 0 Å². The lowest BCUT2D eigenvalue weighted by Gasteiger charge is -2.39. The van der Waals surface area contributed by atoms with Crippen molar-refractivity contribution in [3.05, 3.63) is 0 Å². The van der Waals surface area contributed by atoms with E-state index in [4.69, 9.17) is 33.2 Å². The molecule has 1 fully saturated rings. The zero-order valence-corrected chi connectivity index (χ0v) is 11.4. The second-order valence-electron chi connectivity index (χ2n) is 3.91. The Labute approximate surface area is 112 Å². The van der Waals surface area contributed by atoms with Gasteiger partial charge in [-0.2, -0.15) is 0 Å². The second kappa shape index (κ2) is 9.56. The summed E-state index contributed by atoms with van der Waals surface area (Å²) < 4.78 is 36.0. The molecule has 1 aliphatic rings. The minimum absolute atomic E-state index is 0.00886. The summed E-state index contributed by atoms with van der Waals surface area (Å²) in [6, 6.07) is 0. The summed E-state index contributed by atoms with van der Waals surface area (Å²) in [6.45, 7) is 0.325. The first-order chi connectivity index (χ1) is 9.24. The Morgan fingerprint density at radius 2 is 1.42 bits per heavy atom. The minimum Gasteiger partial charge on any atom is -0.366 e. The zero-order chi connectivity index (χ0) is 14.1. The van der Waals surface area contributed by atoms with Crippen LogP contribution in [0.3, 0.4) is 0 Å². The highest BCUT2D eigenvalue weighted by Gasteiger charge is 2.42. The van der Waals surface area contributed by atoms with Crippen molar-refractivity contribution in [2.45, 2.75) is 24.6 Å². The van der Waals surface area contributed by atoms with Crippen LogP contribution < -0.4 is 0 Å². The van der Waals surface area contributed by atoms with Gasteiger partial charge in [-0.3, -0.25) is 0 Å². The van der Waals surface area contributed by atoms with Crippen LogP contribution in [0.2, 0.25) is 0 Å². The molecule has 0 aromatic heterocycles. The molecule has 1 heterocycles. The van der Waals surface area contributed by atoms with Crippen molar-refractivity contribution in [2.24, 2.45) is 0 Å². The number of aliphatic hydroxyl groups excluding tert-OH is 1. The molecule has 0 aromatic carbocycles. The van der Waals surface area contributed by atoms with E-state index >= 15 is 0 Å². The molecule has 114 valence electrons. The van der Waals surface area contributed by atoms with E-state index in [1.165, 1.54) is 21.3 Å². The fourth-order valence-electron chi connectivity index (χ4n) is 1.73. The van der Waals surface area contributed by atoms with Gasteiger partial charge in [0.25, 0.3) is 0 Å². The quantitative estimate of drug-likeness (QED) is 0.556. The van der Waals surface area contributed by atoms with E-state index in [0.717, 1.165) is 0 Å². The molecule has 8 nitrogen and oxygen atoms in total. The molecular formula is C11H22O8. The maximum absolute atomic E-state index is 9.80. The molecule has 4 atom stereocenters. The second-order valence-corrected chi connectivity index (χ2v) is 3.91. The third-order valence-electron chi connectivity index (χ3n) is 2.56. The molecular weight excluding hydrogens is 260 g/mol. The molecule has 0 bridgehead atoms. The van der Waals surface area contributed by atoms with Crippen molar-refractivity contribution in [3.63, 3.8) is 0 Å². The number of hydrogen-bond donors (Lipinski definition) is 1. The first-order valence-corrected chi connectivity index (χ1v) is 5.85. The minimum atomic E-state index is -1.11. The van der Waals surface area contributed by atoms with E-state index in [-0.39, 0.29) is 27.0 Å². The van der Waals surface area contributed by atoms with Gasteiger partial charge in [-0.25, -0.2) is 0 Å². The molecule has 1 rings (SSSR count). The summed E-state index contributed by atoms with van der Waals surface area (Å²) in [7, 11) is 4.51. The average molecular weight is 282 g/mol. The Hall–Kier alpha value is -0.320. The fraction of sp³-hybridized carbons (Fsp3) is 1.00. The summed E-state index contributed by atoms with van der Waals surface area (Å²) in [5.41, 5.74) is 0. The van der Waals surface area contributed by atoms with Crippen molar-refractivity contribution in [3.8, 4) is 0 Å². The Kier molecular flexibility index (Phi) is 8.42. The highest BCUT2D eigenvalue weighted by atomic mass is 16.7. The van der Waals surface area contributed by atoms with Crippen LogP contribution >= 0.6 is 0 Å². The van der Waals surface area contributed by atoms with Gasteiger partial charge in [0, 0.05) is 21.3 Å². The van der Waals surface area contributed by atoms with Crippen LogP contribution in [0.5, 0.6) is 0 Å². The summed E-state index contributed by atoms with van der Waals surface area (Å²) in [5, 5.41) is 9.80. The molecule has 1 unspecified atom stereocenters. The number of aliphatic hydroxyl groups is 1. The van der Waals surface area contributed by atoms with E-state index in [9.17, 15) is 5.11 Å². The lowest BCUT2D eigenvalue weighted by molar-refractivity contribution is -0.307. The third kappa shape index (κ3) is 5.28. The Morgan fingerprint density at radius 3 is 2.00 bits per heavy atom. The van der Waals surface area contributed by atoms with Gasteiger partial charge in [0.1, 0.15) is 38.7 Å². The molecule has 0 radical (unpaired) electrons. The topological polar surface area (TPSA) is 84.8 Å². The van der Waals surface area contributed by atoms with Crippen LogP contribution in [0.25, 0.3) is 0 Å². The fourth-order valence-corrected chi connectivity index (χ4v) is 1.73.